The van der Waals surface area contributed by atoms with Gasteiger partial charge in [-0.25, -0.2) is 8.42 Å². The second-order valence-electron chi connectivity index (χ2n) is 4.67. The van der Waals surface area contributed by atoms with E-state index in [1.807, 2.05) is 0 Å². The highest BCUT2D eigenvalue weighted by atomic mass is 32.2. The molecule has 0 amide bonds. The second kappa shape index (κ2) is 5.68. The molecule has 1 fully saturated rings. The largest absolute Gasteiger partial charge is 0.409 e. The zero-order valence-electron chi connectivity index (χ0n) is 10.3. The van der Waals surface area contributed by atoms with Gasteiger partial charge in [-0.15, -0.1) is 0 Å². The van der Waals surface area contributed by atoms with Crippen molar-refractivity contribution in [2.45, 2.75) is 50.8 Å². The molecule has 0 aromatic carbocycles. The van der Waals surface area contributed by atoms with Crippen molar-refractivity contribution < 1.29 is 13.6 Å². The van der Waals surface area contributed by atoms with E-state index >= 15 is 0 Å². The molecule has 6 nitrogen and oxygen atoms in total. The number of hydrogen-bond donors (Lipinski definition) is 2. The predicted octanol–water partition coefficient (Wildman–Crippen LogP) is 0.716. The number of amidine groups is 1. The SMILES string of the molecule is CC(C)S(=O)(=O)N(CC(N)=NO)C1CCCC1. The van der Waals surface area contributed by atoms with E-state index in [0.29, 0.717) is 0 Å². The topological polar surface area (TPSA) is 96.0 Å². The first-order valence-corrected chi connectivity index (χ1v) is 7.37. The fourth-order valence-corrected chi connectivity index (χ4v) is 3.56. The van der Waals surface area contributed by atoms with Crippen molar-refractivity contribution in [1.29, 1.82) is 0 Å². The van der Waals surface area contributed by atoms with Crippen molar-refractivity contribution in [2.75, 3.05) is 6.54 Å². The summed E-state index contributed by atoms with van der Waals surface area (Å²) >= 11 is 0. The molecule has 0 spiro atoms. The molecule has 1 saturated carbocycles. The van der Waals surface area contributed by atoms with Crippen LogP contribution in [0.15, 0.2) is 5.16 Å². The lowest BCUT2D eigenvalue weighted by atomic mass is 10.2. The van der Waals surface area contributed by atoms with Crippen LogP contribution in [-0.2, 0) is 10.0 Å². The minimum atomic E-state index is -3.37. The molecule has 7 heteroatoms. The van der Waals surface area contributed by atoms with E-state index in [1.54, 1.807) is 13.8 Å². The molecular formula is C10H21N3O3S. The summed E-state index contributed by atoms with van der Waals surface area (Å²) in [6, 6.07) is -0.0114. The molecule has 0 saturated heterocycles. The van der Waals surface area contributed by atoms with E-state index < -0.39 is 15.3 Å². The second-order valence-corrected chi connectivity index (χ2v) is 7.11. The first kappa shape index (κ1) is 14.2. The molecule has 0 aromatic rings. The molecule has 100 valence electrons. The zero-order chi connectivity index (χ0) is 13.1. The number of rotatable bonds is 5. The molecule has 3 N–H and O–H groups in total. The molecule has 1 aliphatic carbocycles. The highest BCUT2D eigenvalue weighted by Gasteiger charge is 2.34. The van der Waals surface area contributed by atoms with E-state index in [1.165, 1.54) is 4.31 Å². The van der Waals surface area contributed by atoms with E-state index in [-0.39, 0.29) is 18.4 Å². The summed E-state index contributed by atoms with van der Waals surface area (Å²) in [5.41, 5.74) is 5.43. The van der Waals surface area contributed by atoms with E-state index in [9.17, 15) is 8.42 Å². The number of sulfonamides is 1. The first-order chi connectivity index (χ1) is 7.89. The van der Waals surface area contributed by atoms with Crippen LogP contribution in [-0.4, -0.2) is 41.6 Å². The summed E-state index contributed by atoms with van der Waals surface area (Å²) in [6.07, 6.45) is 3.77. The first-order valence-electron chi connectivity index (χ1n) is 5.86. The van der Waals surface area contributed by atoms with E-state index in [0.717, 1.165) is 25.7 Å². The van der Waals surface area contributed by atoms with Gasteiger partial charge in [0.1, 0.15) is 0 Å². The average Bonchev–Trinajstić information content (AvgIpc) is 2.78. The fraction of sp³-hybridized carbons (Fsp3) is 0.900. The Balaban J connectivity index is 2.93. The number of hydrogen-bond acceptors (Lipinski definition) is 4. The Bertz CT molecular complexity index is 372. The molecule has 0 unspecified atom stereocenters. The molecule has 0 bridgehead atoms. The third-order valence-electron chi connectivity index (χ3n) is 3.10. The van der Waals surface area contributed by atoms with Gasteiger partial charge in [0, 0.05) is 6.04 Å². The Morgan fingerprint density at radius 2 is 2.00 bits per heavy atom. The molecule has 0 heterocycles. The summed E-state index contributed by atoms with van der Waals surface area (Å²) in [6.45, 7) is 3.26. The van der Waals surface area contributed by atoms with E-state index in [2.05, 4.69) is 5.16 Å². The third-order valence-corrected chi connectivity index (χ3v) is 5.37. The van der Waals surface area contributed by atoms with Gasteiger partial charge >= 0.3 is 0 Å². The van der Waals surface area contributed by atoms with Crippen molar-refractivity contribution in [2.24, 2.45) is 10.9 Å². The van der Waals surface area contributed by atoms with Crippen molar-refractivity contribution >= 4 is 15.9 Å². The van der Waals surface area contributed by atoms with Crippen LogP contribution in [0.2, 0.25) is 0 Å². The van der Waals surface area contributed by atoms with Gasteiger partial charge in [0.2, 0.25) is 10.0 Å². The molecular weight excluding hydrogens is 242 g/mol. The quantitative estimate of drug-likeness (QED) is 0.330. The Hall–Kier alpha value is -0.820. The van der Waals surface area contributed by atoms with Crippen LogP contribution in [0.5, 0.6) is 0 Å². The normalized spacial score (nSPS) is 19.4. The lowest BCUT2D eigenvalue weighted by molar-refractivity contribution is 0.308. The Labute approximate surface area is 103 Å². The minimum Gasteiger partial charge on any atom is -0.409 e. The summed E-state index contributed by atoms with van der Waals surface area (Å²) in [4.78, 5) is 0. The molecule has 0 aliphatic heterocycles. The van der Waals surface area contributed by atoms with Crippen molar-refractivity contribution in [1.82, 2.24) is 4.31 Å². The van der Waals surface area contributed by atoms with Crippen LogP contribution in [0, 0.1) is 0 Å². The van der Waals surface area contributed by atoms with E-state index in [4.69, 9.17) is 10.9 Å². The summed E-state index contributed by atoms with van der Waals surface area (Å²) in [7, 11) is -3.37. The molecule has 1 rings (SSSR count). The van der Waals surface area contributed by atoms with Crippen LogP contribution in [0.25, 0.3) is 0 Å². The van der Waals surface area contributed by atoms with Crippen LogP contribution >= 0.6 is 0 Å². The minimum absolute atomic E-state index is 0.0114. The van der Waals surface area contributed by atoms with Gasteiger partial charge in [0.25, 0.3) is 0 Å². The Morgan fingerprint density at radius 3 is 2.41 bits per heavy atom. The maximum absolute atomic E-state index is 12.2. The molecule has 0 aromatic heterocycles. The van der Waals surface area contributed by atoms with Crippen molar-refractivity contribution in [3.05, 3.63) is 0 Å². The maximum Gasteiger partial charge on any atom is 0.217 e. The summed E-state index contributed by atoms with van der Waals surface area (Å²) in [5, 5.41) is 10.9. The highest BCUT2D eigenvalue weighted by Crippen LogP contribution is 2.26. The number of nitrogens with two attached hydrogens (primary N) is 1. The Kier molecular flexibility index (Phi) is 4.76. The standard InChI is InChI=1S/C10H21N3O3S/c1-8(2)17(15,16)13(7-10(11)12-14)9-5-3-4-6-9/h8-9,14H,3-7H2,1-2H3,(H2,11,12). The maximum atomic E-state index is 12.2. The highest BCUT2D eigenvalue weighted by molar-refractivity contribution is 7.89. The zero-order valence-corrected chi connectivity index (χ0v) is 11.2. The fourth-order valence-electron chi connectivity index (χ4n) is 2.08. The summed E-state index contributed by atoms with van der Waals surface area (Å²) in [5.74, 6) is -0.0684. The third kappa shape index (κ3) is 3.32. The smallest absolute Gasteiger partial charge is 0.217 e. The van der Waals surface area contributed by atoms with Crippen LogP contribution in [0.4, 0.5) is 0 Å². The van der Waals surface area contributed by atoms with Gasteiger partial charge in [0.15, 0.2) is 5.84 Å². The van der Waals surface area contributed by atoms with Gasteiger partial charge in [-0.2, -0.15) is 4.31 Å². The molecule has 17 heavy (non-hydrogen) atoms. The van der Waals surface area contributed by atoms with Gasteiger partial charge in [0.05, 0.1) is 11.8 Å². The van der Waals surface area contributed by atoms with Gasteiger partial charge in [-0.05, 0) is 26.7 Å². The number of nitrogens with zero attached hydrogens (tertiary/aromatic N) is 2. The average molecular weight is 263 g/mol. The molecule has 0 atom stereocenters. The summed E-state index contributed by atoms with van der Waals surface area (Å²) < 4.78 is 25.8. The van der Waals surface area contributed by atoms with Crippen LogP contribution < -0.4 is 5.73 Å². The van der Waals surface area contributed by atoms with Crippen LogP contribution in [0.1, 0.15) is 39.5 Å². The van der Waals surface area contributed by atoms with Gasteiger partial charge < -0.3 is 10.9 Å². The lowest BCUT2D eigenvalue weighted by Crippen LogP contribution is -2.46. The predicted molar refractivity (Wildman–Crippen MR) is 66.4 cm³/mol. The monoisotopic (exact) mass is 263 g/mol. The van der Waals surface area contributed by atoms with Gasteiger partial charge in [-0.3, -0.25) is 0 Å². The lowest BCUT2D eigenvalue weighted by Gasteiger charge is -2.29. The molecule has 1 aliphatic rings. The Morgan fingerprint density at radius 1 is 1.47 bits per heavy atom. The molecule has 0 radical (unpaired) electrons. The van der Waals surface area contributed by atoms with Gasteiger partial charge in [-0.1, -0.05) is 18.0 Å². The van der Waals surface area contributed by atoms with Crippen LogP contribution in [0.3, 0.4) is 0 Å². The van der Waals surface area contributed by atoms with Crippen molar-refractivity contribution in [3.8, 4) is 0 Å². The van der Waals surface area contributed by atoms with Crippen molar-refractivity contribution in [3.63, 3.8) is 0 Å². The number of oxime groups is 1.